The average Bonchev–Trinajstić information content (AvgIpc) is 3.22. The minimum Gasteiger partial charge on any atom is -0.368 e. The Morgan fingerprint density at radius 2 is 1.88 bits per heavy atom. The molecule has 1 amide bonds. The van der Waals surface area contributed by atoms with Crippen LogP contribution in [0.1, 0.15) is 18.7 Å². The van der Waals surface area contributed by atoms with Gasteiger partial charge in [-0.3, -0.25) is 4.79 Å². The standard InChI is InChI=1S/C20H24N4O2/c1-15-21-17(16-6-3-2-4-7-16)14-19(22-15)23-9-11-24(12-10-23)20(25)18-8-5-13-26-18/h2-4,6-7,14,18H,5,8-13H2,1H3. The summed E-state index contributed by atoms with van der Waals surface area (Å²) in [6.07, 6.45) is 1.61. The van der Waals surface area contributed by atoms with Crippen molar-refractivity contribution in [3.8, 4) is 11.3 Å². The van der Waals surface area contributed by atoms with E-state index in [1.165, 1.54) is 0 Å². The second-order valence-corrected chi connectivity index (χ2v) is 6.84. The molecule has 0 saturated carbocycles. The Kier molecular flexibility index (Phi) is 4.84. The Bertz CT molecular complexity index is 767. The summed E-state index contributed by atoms with van der Waals surface area (Å²) in [5.74, 6) is 1.84. The van der Waals surface area contributed by atoms with Crippen LogP contribution < -0.4 is 4.90 Å². The summed E-state index contributed by atoms with van der Waals surface area (Å²) in [6, 6.07) is 12.2. The minimum absolute atomic E-state index is 0.144. The van der Waals surface area contributed by atoms with Crippen LogP contribution in [-0.4, -0.2) is 59.7 Å². The first-order valence-corrected chi connectivity index (χ1v) is 9.27. The van der Waals surface area contributed by atoms with Gasteiger partial charge in [0.2, 0.25) is 0 Å². The number of aryl methyl sites for hydroxylation is 1. The smallest absolute Gasteiger partial charge is 0.251 e. The fourth-order valence-corrected chi connectivity index (χ4v) is 3.60. The second-order valence-electron chi connectivity index (χ2n) is 6.84. The number of benzene rings is 1. The van der Waals surface area contributed by atoms with E-state index in [2.05, 4.69) is 27.0 Å². The molecule has 26 heavy (non-hydrogen) atoms. The van der Waals surface area contributed by atoms with E-state index in [1.807, 2.05) is 36.1 Å². The Labute approximate surface area is 153 Å². The molecule has 136 valence electrons. The van der Waals surface area contributed by atoms with Crippen LogP contribution in [0.4, 0.5) is 5.82 Å². The first-order valence-electron chi connectivity index (χ1n) is 9.27. The van der Waals surface area contributed by atoms with Crippen molar-refractivity contribution in [2.45, 2.75) is 25.9 Å². The molecule has 2 fully saturated rings. The van der Waals surface area contributed by atoms with Gasteiger partial charge in [-0.1, -0.05) is 30.3 Å². The highest BCUT2D eigenvalue weighted by atomic mass is 16.5. The van der Waals surface area contributed by atoms with Gasteiger partial charge >= 0.3 is 0 Å². The van der Waals surface area contributed by atoms with Gasteiger partial charge in [-0.15, -0.1) is 0 Å². The van der Waals surface area contributed by atoms with Gasteiger partial charge in [0.15, 0.2) is 0 Å². The van der Waals surface area contributed by atoms with Crippen molar-refractivity contribution in [1.29, 1.82) is 0 Å². The van der Waals surface area contributed by atoms with Gasteiger partial charge in [0.05, 0.1) is 5.69 Å². The van der Waals surface area contributed by atoms with Crippen LogP contribution in [0.3, 0.4) is 0 Å². The zero-order chi connectivity index (χ0) is 17.9. The first kappa shape index (κ1) is 17.0. The monoisotopic (exact) mass is 352 g/mol. The number of rotatable bonds is 3. The molecule has 2 saturated heterocycles. The molecule has 1 atom stereocenters. The van der Waals surface area contributed by atoms with E-state index in [0.29, 0.717) is 19.7 Å². The molecule has 1 aromatic carbocycles. The summed E-state index contributed by atoms with van der Waals surface area (Å²) in [6.45, 7) is 5.61. The number of ether oxygens (including phenoxy) is 1. The van der Waals surface area contributed by atoms with Gasteiger partial charge < -0.3 is 14.5 Å². The maximum atomic E-state index is 12.5. The third-order valence-corrected chi connectivity index (χ3v) is 5.01. The number of hydrogen-bond acceptors (Lipinski definition) is 5. The predicted molar refractivity (Wildman–Crippen MR) is 100.0 cm³/mol. The minimum atomic E-state index is -0.229. The third-order valence-electron chi connectivity index (χ3n) is 5.01. The van der Waals surface area contributed by atoms with Crippen LogP contribution in [0.25, 0.3) is 11.3 Å². The zero-order valence-electron chi connectivity index (χ0n) is 15.1. The van der Waals surface area contributed by atoms with Crippen LogP contribution in [0.5, 0.6) is 0 Å². The van der Waals surface area contributed by atoms with Crippen molar-refractivity contribution in [3.05, 3.63) is 42.2 Å². The van der Waals surface area contributed by atoms with Crippen molar-refractivity contribution in [3.63, 3.8) is 0 Å². The zero-order valence-corrected chi connectivity index (χ0v) is 15.1. The lowest BCUT2D eigenvalue weighted by atomic mass is 10.1. The average molecular weight is 352 g/mol. The van der Waals surface area contributed by atoms with Gasteiger partial charge in [-0.2, -0.15) is 0 Å². The molecule has 1 unspecified atom stereocenters. The predicted octanol–water partition coefficient (Wildman–Crippen LogP) is 2.28. The highest BCUT2D eigenvalue weighted by Crippen LogP contribution is 2.23. The summed E-state index contributed by atoms with van der Waals surface area (Å²) in [7, 11) is 0. The van der Waals surface area contributed by atoms with E-state index in [9.17, 15) is 4.79 Å². The maximum absolute atomic E-state index is 12.5. The molecular formula is C20H24N4O2. The number of amides is 1. The van der Waals surface area contributed by atoms with Gasteiger partial charge in [0.25, 0.3) is 5.91 Å². The Morgan fingerprint density at radius 1 is 1.12 bits per heavy atom. The first-order chi connectivity index (χ1) is 12.7. The molecule has 4 rings (SSSR count). The van der Waals surface area contributed by atoms with E-state index in [-0.39, 0.29) is 12.0 Å². The lowest BCUT2D eigenvalue weighted by Crippen LogP contribution is -2.51. The molecule has 0 radical (unpaired) electrons. The Balaban J connectivity index is 1.46. The summed E-state index contributed by atoms with van der Waals surface area (Å²) in [4.78, 5) is 25.9. The Hall–Kier alpha value is -2.47. The highest BCUT2D eigenvalue weighted by Gasteiger charge is 2.30. The van der Waals surface area contributed by atoms with Crippen LogP contribution >= 0.6 is 0 Å². The van der Waals surface area contributed by atoms with Crippen molar-refractivity contribution < 1.29 is 9.53 Å². The molecule has 6 heteroatoms. The molecule has 1 aromatic heterocycles. The lowest BCUT2D eigenvalue weighted by Gasteiger charge is -2.36. The topological polar surface area (TPSA) is 58.6 Å². The van der Waals surface area contributed by atoms with Crippen molar-refractivity contribution >= 4 is 11.7 Å². The molecule has 0 aliphatic carbocycles. The lowest BCUT2D eigenvalue weighted by molar-refractivity contribution is -0.141. The highest BCUT2D eigenvalue weighted by molar-refractivity contribution is 5.81. The van der Waals surface area contributed by atoms with E-state index < -0.39 is 0 Å². The number of nitrogens with zero attached hydrogens (tertiary/aromatic N) is 4. The number of hydrogen-bond donors (Lipinski definition) is 0. The largest absolute Gasteiger partial charge is 0.368 e. The van der Waals surface area contributed by atoms with E-state index in [0.717, 1.165) is 48.8 Å². The molecule has 2 aliphatic rings. The molecular weight excluding hydrogens is 328 g/mol. The maximum Gasteiger partial charge on any atom is 0.251 e. The molecule has 0 bridgehead atoms. The number of aromatic nitrogens is 2. The normalized spacial score (nSPS) is 20.4. The van der Waals surface area contributed by atoms with E-state index >= 15 is 0 Å². The van der Waals surface area contributed by atoms with Gasteiger partial charge in [0, 0.05) is 44.4 Å². The quantitative estimate of drug-likeness (QED) is 0.848. The van der Waals surface area contributed by atoms with Crippen LogP contribution in [-0.2, 0) is 9.53 Å². The second kappa shape index (κ2) is 7.41. The third kappa shape index (κ3) is 3.55. The van der Waals surface area contributed by atoms with Crippen molar-refractivity contribution in [2.75, 3.05) is 37.7 Å². The fourth-order valence-electron chi connectivity index (χ4n) is 3.60. The number of carbonyl (C=O) groups is 1. The molecule has 6 nitrogen and oxygen atoms in total. The van der Waals surface area contributed by atoms with Crippen LogP contribution in [0.15, 0.2) is 36.4 Å². The fraction of sp³-hybridized carbons (Fsp3) is 0.450. The van der Waals surface area contributed by atoms with Gasteiger partial charge in [-0.25, -0.2) is 9.97 Å². The summed E-state index contributed by atoms with van der Waals surface area (Å²) < 4.78 is 5.53. The SMILES string of the molecule is Cc1nc(-c2ccccc2)cc(N2CCN(C(=O)C3CCCO3)CC2)n1. The van der Waals surface area contributed by atoms with Crippen LogP contribution in [0.2, 0.25) is 0 Å². The molecule has 2 aromatic rings. The number of piperazine rings is 1. The van der Waals surface area contributed by atoms with Crippen molar-refractivity contribution in [1.82, 2.24) is 14.9 Å². The Morgan fingerprint density at radius 3 is 2.58 bits per heavy atom. The number of carbonyl (C=O) groups excluding carboxylic acids is 1. The molecule has 3 heterocycles. The molecule has 0 spiro atoms. The van der Waals surface area contributed by atoms with E-state index in [4.69, 9.17) is 4.74 Å². The van der Waals surface area contributed by atoms with Crippen LogP contribution in [0, 0.1) is 6.92 Å². The number of anilines is 1. The molecule has 2 aliphatic heterocycles. The summed E-state index contributed by atoms with van der Waals surface area (Å²) >= 11 is 0. The molecule has 0 N–H and O–H groups in total. The van der Waals surface area contributed by atoms with E-state index in [1.54, 1.807) is 0 Å². The van der Waals surface area contributed by atoms with Gasteiger partial charge in [-0.05, 0) is 19.8 Å². The van der Waals surface area contributed by atoms with Crippen molar-refractivity contribution in [2.24, 2.45) is 0 Å². The van der Waals surface area contributed by atoms with Gasteiger partial charge in [0.1, 0.15) is 17.7 Å². The summed E-state index contributed by atoms with van der Waals surface area (Å²) in [5.41, 5.74) is 2.03. The summed E-state index contributed by atoms with van der Waals surface area (Å²) in [5, 5.41) is 0.